The zero-order chi connectivity index (χ0) is 13.1. The molecular weight excluding hydrogens is 238 g/mol. The van der Waals surface area contributed by atoms with E-state index < -0.39 is 0 Å². The van der Waals surface area contributed by atoms with Gasteiger partial charge in [0.25, 0.3) is 5.91 Å². The van der Waals surface area contributed by atoms with Crippen molar-refractivity contribution >= 4 is 16.7 Å². The fourth-order valence-corrected chi connectivity index (χ4v) is 2.03. The van der Waals surface area contributed by atoms with Gasteiger partial charge in [0.2, 0.25) is 0 Å². The zero-order valence-corrected chi connectivity index (χ0v) is 10.3. The zero-order valence-electron chi connectivity index (χ0n) is 10.3. The van der Waals surface area contributed by atoms with E-state index in [1.54, 1.807) is 6.07 Å². The van der Waals surface area contributed by atoms with Gasteiger partial charge in [-0.2, -0.15) is 0 Å². The summed E-state index contributed by atoms with van der Waals surface area (Å²) in [5.74, 6) is -0.123. The normalized spacial score (nSPS) is 10.5. The van der Waals surface area contributed by atoms with Crippen molar-refractivity contribution in [2.24, 2.45) is 0 Å². The Hall–Kier alpha value is -2.55. The van der Waals surface area contributed by atoms with E-state index in [9.17, 15) is 4.79 Å². The number of hydrogen-bond acceptors (Lipinski definition) is 2. The van der Waals surface area contributed by atoms with Crippen LogP contribution in [0.5, 0.6) is 0 Å². The van der Waals surface area contributed by atoms with E-state index >= 15 is 0 Å². The molecule has 0 saturated carbocycles. The molecule has 0 saturated heterocycles. The molecule has 1 amide bonds. The fraction of sp³-hybridized carbons (Fsp3) is 0.0625. The van der Waals surface area contributed by atoms with E-state index in [-0.39, 0.29) is 5.91 Å². The smallest absolute Gasteiger partial charge is 0.254 e. The molecule has 2 aromatic carbocycles. The third-order valence-corrected chi connectivity index (χ3v) is 3.05. The molecule has 0 aliphatic carbocycles. The summed E-state index contributed by atoms with van der Waals surface area (Å²) in [7, 11) is 0. The summed E-state index contributed by atoms with van der Waals surface area (Å²) in [6.07, 6.45) is 2.93. The van der Waals surface area contributed by atoms with Gasteiger partial charge in [-0.1, -0.05) is 36.4 Å². The maximum atomic E-state index is 11.8. The number of carbonyl (C=O) groups excluding carboxylic acids is 1. The highest BCUT2D eigenvalue weighted by atomic mass is 16.3. The van der Waals surface area contributed by atoms with Crippen LogP contribution >= 0.6 is 0 Å². The molecule has 0 spiro atoms. The maximum absolute atomic E-state index is 11.8. The molecule has 0 atom stereocenters. The lowest BCUT2D eigenvalue weighted by Gasteiger charge is -2.05. The van der Waals surface area contributed by atoms with Crippen molar-refractivity contribution in [1.82, 2.24) is 5.32 Å². The van der Waals surface area contributed by atoms with Gasteiger partial charge < -0.3 is 9.73 Å². The average molecular weight is 251 g/mol. The Balaban J connectivity index is 1.73. The maximum Gasteiger partial charge on any atom is 0.254 e. The van der Waals surface area contributed by atoms with E-state index in [4.69, 9.17) is 4.42 Å². The van der Waals surface area contributed by atoms with E-state index in [0.717, 1.165) is 5.56 Å². The molecule has 0 fully saturated rings. The van der Waals surface area contributed by atoms with Crippen LogP contribution in [0.25, 0.3) is 10.8 Å². The first-order valence-corrected chi connectivity index (χ1v) is 6.11. The van der Waals surface area contributed by atoms with Crippen molar-refractivity contribution in [3.63, 3.8) is 0 Å². The van der Waals surface area contributed by atoms with Crippen molar-refractivity contribution in [1.29, 1.82) is 0 Å². The summed E-state index contributed by atoms with van der Waals surface area (Å²) >= 11 is 0. The first-order chi connectivity index (χ1) is 9.33. The van der Waals surface area contributed by atoms with Crippen molar-refractivity contribution in [3.05, 3.63) is 72.2 Å². The van der Waals surface area contributed by atoms with Gasteiger partial charge in [0.1, 0.15) is 6.26 Å². The molecule has 1 N–H and O–H groups in total. The number of furan rings is 1. The number of benzene rings is 2. The molecule has 0 unspecified atom stereocenters. The Labute approximate surface area is 110 Å². The average Bonchev–Trinajstić information content (AvgIpc) is 2.99. The van der Waals surface area contributed by atoms with Crippen LogP contribution in [0.4, 0.5) is 0 Å². The number of rotatable bonds is 3. The van der Waals surface area contributed by atoms with Gasteiger partial charge in [0, 0.05) is 6.54 Å². The summed E-state index contributed by atoms with van der Waals surface area (Å²) in [5.41, 5.74) is 1.62. The molecule has 3 heteroatoms. The van der Waals surface area contributed by atoms with E-state index in [0.29, 0.717) is 12.1 Å². The minimum atomic E-state index is -0.123. The summed E-state index contributed by atoms with van der Waals surface area (Å²) in [6.45, 7) is 0.509. The monoisotopic (exact) mass is 251 g/mol. The largest absolute Gasteiger partial charge is 0.472 e. The third-order valence-electron chi connectivity index (χ3n) is 3.05. The molecule has 1 heterocycles. The fourth-order valence-electron chi connectivity index (χ4n) is 2.03. The van der Waals surface area contributed by atoms with E-state index in [2.05, 4.69) is 29.6 Å². The lowest BCUT2D eigenvalue weighted by molar-refractivity contribution is 0.0950. The number of fused-ring (bicyclic) bond motifs is 1. The number of carbonyl (C=O) groups is 1. The molecule has 19 heavy (non-hydrogen) atoms. The minimum Gasteiger partial charge on any atom is -0.472 e. The lowest BCUT2D eigenvalue weighted by atomic mass is 10.1. The molecule has 94 valence electrons. The Morgan fingerprint density at radius 1 is 1.05 bits per heavy atom. The second-order valence-corrected chi connectivity index (χ2v) is 4.38. The molecule has 1 aromatic heterocycles. The van der Waals surface area contributed by atoms with Crippen molar-refractivity contribution in [2.75, 3.05) is 0 Å². The van der Waals surface area contributed by atoms with Crippen LogP contribution in [-0.2, 0) is 6.54 Å². The summed E-state index contributed by atoms with van der Waals surface area (Å²) in [6, 6.07) is 16.0. The number of hydrogen-bond donors (Lipinski definition) is 1. The lowest BCUT2D eigenvalue weighted by Crippen LogP contribution is -2.22. The molecular formula is C16H13NO2. The molecule has 0 aliphatic heterocycles. The Bertz CT molecular complexity index is 702. The van der Waals surface area contributed by atoms with Crippen LogP contribution in [0.2, 0.25) is 0 Å². The van der Waals surface area contributed by atoms with Gasteiger partial charge in [-0.3, -0.25) is 4.79 Å². The first-order valence-electron chi connectivity index (χ1n) is 6.11. The molecule has 0 bridgehead atoms. The minimum absolute atomic E-state index is 0.123. The third kappa shape index (κ3) is 2.50. The second kappa shape index (κ2) is 4.98. The van der Waals surface area contributed by atoms with Crippen molar-refractivity contribution in [3.8, 4) is 0 Å². The van der Waals surface area contributed by atoms with Gasteiger partial charge in [0.05, 0.1) is 11.8 Å². The highest BCUT2D eigenvalue weighted by Gasteiger charge is 2.06. The van der Waals surface area contributed by atoms with Gasteiger partial charge in [-0.05, 0) is 28.5 Å². The summed E-state index contributed by atoms with van der Waals surface area (Å²) in [5, 5.41) is 5.25. The van der Waals surface area contributed by atoms with E-state index in [1.807, 2.05) is 18.2 Å². The molecule has 0 aliphatic rings. The van der Waals surface area contributed by atoms with Gasteiger partial charge in [0.15, 0.2) is 0 Å². The Morgan fingerprint density at radius 2 is 1.89 bits per heavy atom. The standard InChI is InChI=1S/C16H13NO2/c18-16(15-7-8-19-11-15)17-10-12-5-6-13-3-1-2-4-14(13)9-12/h1-9,11H,10H2,(H,17,18). The topological polar surface area (TPSA) is 42.2 Å². The molecule has 3 aromatic rings. The van der Waals surface area contributed by atoms with E-state index in [1.165, 1.54) is 23.3 Å². The number of nitrogens with one attached hydrogen (secondary N) is 1. The molecule has 0 radical (unpaired) electrons. The van der Waals surface area contributed by atoms with Gasteiger partial charge in [-0.15, -0.1) is 0 Å². The summed E-state index contributed by atoms with van der Waals surface area (Å²) in [4.78, 5) is 11.8. The predicted octanol–water partition coefficient (Wildman–Crippen LogP) is 3.36. The highest BCUT2D eigenvalue weighted by molar-refractivity contribution is 5.93. The predicted molar refractivity (Wildman–Crippen MR) is 73.8 cm³/mol. The van der Waals surface area contributed by atoms with Crippen molar-refractivity contribution in [2.45, 2.75) is 6.54 Å². The van der Waals surface area contributed by atoms with Gasteiger partial charge >= 0.3 is 0 Å². The molecule has 3 rings (SSSR count). The second-order valence-electron chi connectivity index (χ2n) is 4.38. The van der Waals surface area contributed by atoms with Crippen molar-refractivity contribution < 1.29 is 9.21 Å². The van der Waals surface area contributed by atoms with Crippen LogP contribution in [0.3, 0.4) is 0 Å². The van der Waals surface area contributed by atoms with Gasteiger partial charge in [-0.25, -0.2) is 0 Å². The van der Waals surface area contributed by atoms with Crippen LogP contribution in [0.1, 0.15) is 15.9 Å². The highest BCUT2D eigenvalue weighted by Crippen LogP contribution is 2.15. The Kier molecular flexibility index (Phi) is 3.02. The van der Waals surface area contributed by atoms with Crippen LogP contribution < -0.4 is 5.32 Å². The molecule has 3 nitrogen and oxygen atoms in total. The number of amides is 1. The Morgan fingerprint density at radius 3 is 2.68 bits per heavy atom. The quantitative estimate of drug-likeness (QED) is 0.775. The SMILES string of the molecule is O=C(NCc1ccc2ccccc2c1)c1ccoc1. The summed E-state index contributed by atoms with van der Waals surface area (Å²) < 4.78 is 4.88. The van der Waals surface area contributed by atoms with Crippen LogP contribution in [-0.4, -0.2) is 5.91 Å². The van der Waals surface area contributed by atoms with Crippen LogP contribution in [0.15, 0.2) is 65.5 Å². The van der Waals surface area contributed by atoms with Crippen LogP contribution in [0, 0.1) is 0 Å². The first kappa shape index (κ1) is 11.5.